The number of nitrogens with one attached hydrogen (secondary N) is 1. The molecule has 0 aliphatic carbocycles. The van der Waals surface area contributed by atoms with Gasteiger partial charge in [0.15, 0.2) is 0 Å². The minimum atomic E-state index is 0.395. The van der Waals surface area contributed by atoms with E-state index in [1.165, 1.54) is 10.8 Å². The van der Waals surface area contributed by atoms with Crippen LogP contribution in [0.3, 0.4) is 0 Å². The molecule has 0 bridgehead atoms. The molecule has 0 saturated heterocycles. The molecule has 4 heteroatoms. The number of imidazole rings is 1. The van der Waals surface area contributed by atoms with Gasteiger partial charge in [-0.05, 0) is 47.2 Å². The lowest BCUT2D eigenvalue weighted by Crippen LogP contribution is -1.97. The summed E-state index contributed by atoms with van der Waals surface area (Å²) < 4.78 is 5.72. The zero-order chi connectivity index (χ0) is 14.9. The maximum Gasteiger partial charge on any atom is 0.146 e. The molecule has 108 valence electrons. The van der Waals surface area contributed by atoms with Gasteiger partial charge in [0.05, 0.1) is 11.0 Å². The molecule has 3 aromatic carbocycles. The number of aromatic amines is 1. The third-order valence-electron chi connectivity index (χ3n) is 3.59. The highest BCUT2D eigenvalue weighted by atomic mass is 35.5. The van der Waals surface area contributed by atoms with Gasteiger partial charge in [-0.3, -0.25) is 0 Å². The molecule has 0 saturated carbocycles. The summed E-state index contributed by atoms with van der Waals surface area (Å²) in [5, 5.41) is 3.08. The van der Waals surface area contributed by atoms with Crippen molar-refractivity contribution in [3.8, 4) is 5.75 Å². The minimum Gasteiger partial charge on any atom is -0.486 e. The third-order valence-corrected chi connectivity index (χ3v) is 3.84. The van der Waals surface area contributed by atoms with Crippen LogP contribution in [0, 0.1) is 0 Å². The van der Waals surface area contributed by atoms with Crippen LogP contribution in [0.5, 0.6) is 5.75 Å². The second-order valence-electron chi connectivity index (χ2n) is 5.14. The first-order valence-corrected chi connectivity index (χ1v) is 7.41. The first kappa shape index (κ1) is 13.2. The van der Waals surface area contributed by atoms with Crippen LogP contribution in [0.2, 0.25) is 5.02 Å². The smallest absolute Gasteiger partial charge is 0.146 e. The SMILES string of the molecule is Clc1ccc(OCc2nc3cc4ccccc4cc3[nH]2)cc1. The van der Waals surface area contributed by atoms with Crippen molar-refractivity contribution in [2.75, 3.05) is 0 Å². The molecular formula is C18H13ClN2O. The van der Waals surface area contributed by atoms with E-state index < -0.39 is 0 Å². The fourth-order valence-electron chi connectivity index (χ4n) is 2.50. The van der Waals surface area contributed by atoms with Crippen molar-refractivity contribution in [1.82, 2.24) is 9.97 Å². The van der Waals surface area contributed by atoms with E-state index in [0.29, 0.717) is 11.6 Å². The summed E-state index contributed by atoms with van der Waals surface area (Å²) in [6.45, 7) is 0.395. The van der Waals surface area contributed by atoms with Gasteiger partial charge in [-0.15, -0.1) is 0 Å². The van der Waals surface area contributed by atoms with Gasteiger partial charge in [0.25, 0.3) is 0 Å². The van der Waals surface area contributed by atoms with Gasteiger partial charge >= 0.3 is 0 Å². The Hall–Kier alpha value is -2.52. The van der Waals surface area contributed by atoms with Crippen LogP contribution in [0.15, 0.2) is 60.7 Å². The number of hydrogen-bond acceptors (Lipinski definition) is 2. The van der Waals surface area contributed by atoms with Crippen LogP contribution in [0.4, 0.5) is 0 Å². The quantitative estimate of drug-likeness (QED) is 0.581. The van der Waals surface area contributed by atoms with Gasteiger partial charge < -0.3 is 9.72 Å². The van der Waals surface area contributed by atoms with Gasteiger partial charge in [-0.25, -0.2) is 4.98 Å². The molecule has 0 aliphatic heterocycles. The van der Waals surface area contributed by atoms with Crippen molar-refractivity contribution in [2.24, 2.45) is 0 Å². The first-order chi connectivity index (χ1) is 10.8. The average molecular weight is 309 g/mol. The maximum absolute atomic E-state index is 5.86. The monoisotopic (exact) mass is 308 g/mol. The summed E-state index contributed by atoms with van der Waals surface area (Å²) >= 11 is 5.86. The zero-order valence-corrected chi connectivity index (χ0v) is 12.5. The molecule has 22 heavy (non-hydrogen) atoms. The molecular weight excluding hydrogens is 296 g/mol. The first-order valence-electron chi connectivity index (χ1n) is 7.04. The van der Waals surface area contributed by atoms with E-state index in [-0.39, 0.29) is 0 Å². The molecule has 0 aliphatic rings. The van der Waals surface area contributed by atoms with Gasteiger partial charge in [0.2, 0.25) is 0 Å². The van der Waals surface area contributed by atoms with Gasteiger partial charge in [0.1, 0.15) is 18.2 Å². The number of H-pyrrole nitrogens is 1. The lowest BCUT2D eigenvalue weighted by molar-refractivity contribution is 0.297. The van der Waals surface area contributed by atoms with E-state index in [4.69, 9.17) is 16.3 Å². The van der Waals surface area contributed by atoms with Crippen molar-refractivity contribution in [3.05, 3.63) is 71.5 Å². The summed E-state index contributed by atoms with van der Waals surface area (Å²) in [4.78, 5) is 7.90. The van der Waals surface area contributed by atoms with Crippen molar-refractivity contribution in [1.29, 1.82) is 0 Å². The fourth-order valence-corrected chi connectivity index (χ4v) is 2.63. The largest absolute Gasteiger partial charge is 0.486 e. The molecule has 4 rings (SSSR count). The third kappa shape index (κ3) is 2.51. The molecule has 1 aromatic heterocycles. The molecule has 0 spiro atoms. The number of rotatable bonds is 3. The van der Waals surface area contributed by atoms with Crippen LogP contribution in [0.1, 0.15) is 5.82 Å². The van der Waals surface area contributed by atoms with E-state index in [1.807, 2.05) is 36.4 Å². The topological polar surface area (TPSA) is 37.9 Å². The van der Waals surface area contributed by atoms with Crippen molar-refractivity contribution < 1.29 is 4.74 Å². The Balaban J connectivity index is 1.61. The zero-order valence-electron chi connectivity index (χ0n) is 11.7. The van der Waals surface area contributed by atoms with Crippen LogP contribution in [0.25, 0.3) is 21.8 Å². The molecule has 0 amide bonds. The lowest BCUT2D eigenvalue weighted by atomic mass is 10.1. The maximum atomic E-state index is 5.86. The van der Waals surface area contributed by atoms with E-state index in [0.717, 1.165) is 22.6 Å². The molecule has 4 aromatic rings. The van der Waals surface area contributed by atoms with E-state index >= 15 is 0 Å². The minimum absolute atomic E-state index is 0.395. The highest BCUT2D eigenvalue weighted by molar-refractivity contribution is 6.30. The second-order valence-corrected chi connectivity index (χ2v) is 5.58. The number of benzene rings is 3. The lowest BCUT2D eigenvalue weighted by Gasteiger charge is -2.03. The standard InChI is InChI=1S/C18H13ClN2O/c19-14-5-7-15(8-6-14)22-11-18-20-16-9-12-3-1-2-4-13(12)10-17(16)21-18/h1-10H,11H2,(H,20,21). The molecule has 1 N–H and O–H groups in total. The number of hydrogen-bond donors (Lipinski definition) is 1. The molecule has 0 fully saturated rings. The van der Waals surface area contributed by atoms with Crippen molar-refractivity contribution in [2.45, 2.75) is 6.61 Å². The Bertz CT molecular complexity index is 892. The molecule has 1 heterocycles. The van der Waals surface area contributed by atoms with E-state index in [1.54, 1.807) is 0 Å². The van der Waals surface area contributed by atoms with Crippen LogP contribution < -0.4 is 4.74 Å². The van der Waals surface area contributed by atoms with Crippen LogP contribution in [-0.4, -0.2) is 9.97 Å². The van der Waals surface area contributed by atoms with E-state index in [9.17, 15) is 0 Å². The highest BCUT2D eigenvalue weighted by Crippen LogP contribution is 2.22. The van der Waals surface area contributed by atoms with Crippen LogP contribution in [-0.2, 0) is 6.61 Å². The van der Waals surface area contributed by atoms with Gasteiger partial charge in [0, 0.05) is 5.02 Å². The van der Waals surface area contributed by atoms with Crippen molar-refractivity contribution in [3.63, 3.8) is 0 Å². The number of nitrogens with zero attached hydrogens (tertiary/aromatic N) is 1. The summed E-state index contributed by atoms with van der Waals surface area (Å²) in [6.07, 6.45) is 0. The number of ether oxygens (including phenoxy) is 1. The molecule has 0 unspecified atom stereocenters. The number of aromatic nitrogens is 2. The summed E-state index contributed by atoms with van der Waals surface area (Å²) in [6, 6.07) is 19.8. The Kier molecular flexibility index (Phi) is 3.20. The normalized spacial score (nSPS) is 11.1. The Morgan fingerprint density at radius 3 is 2.45 bits per heavy atom. The van der Waals surface area contributed by atoms with Crippen LogP contribution >= 0.6 is 11.6 Å². The van der Waals surface area contributed by atoms with E-state index in [2.05, 4.69) is 34.2 Å². The number of halogens is 1. The predicted molar refractivity (Wildman–Crippen MR) is 89.4 cm³/mol. The van der Waals surface area contributed by atoms with Gasteiger partial charge in [-0.2, -0.15) is 0 Å². The average Bonchev–Trinajstić information content (AvgIpc) is 2.93. The Labute approximate surface area is 132 Å². The molecule has 0 atom stereocenters. The second kappa shape index (κ2) is 5.35. The molecule has 3 nitrogen and oxygen atoms in total. The summed E-state index contributed by atoms with van der Waals surface area (Å²) in [5.74, 6) is 1.58. The van der Waals surface area contributed by atoms with Crippen molar-refractivity contribution >= 4 is 33.4 Å². The Morgan fingerprint density at radius 2 is 1.68 bits per heavy atom. The summed E-state index contributed by atoms with van der Waals surface area (Å²) in [7, 11) is 0. The molecule has 0 radical (unpaired) electrons. The Morgan fingerprint density at radius 1 is 0.955 bits per heavy atom. The predicted octanol–water partition coefficient (Wildman–Crippen LogP) is 4.95. The summed E-state index contributed by atoms with van der Waals surface area (Å²) in [5.41, 5.74) is 1.97. The number of fused-ring (bicyclic) bond motifs is 2. The fraction of sp³-hybridized carbons (Fsp3) is 0.0556. The highest BCUT2D eigenvalue weighted by Gasteiger charge is 2.05. The van der Waals surface area contributed by atoms with Gasteiger partial charge in [-0.1, -0.05) is 35.9 Å².